The van der Waals surface area contributed by atoms with Crippen LogP contribution in [-0.2, 0) is 0 Å². The van der Waals surface area contributed by atoms with Crippen molar-refractivity contribution >= 4 is 34.8 Å². The highest BCUT2D eigenvalue weighted by atomic mass is 35.5. The number of hydrogen-bond donors (Lipinski definition) is 4. The van der Waals surface area contributed by atoms with Crippen molar-refractivity contribution in [1.29, 1.82) is 0 Å². The van der Waals surface area contributed by atoms with Crippen LogP contribution in [0.2, 0.25) is 10.0 Å². The largest absolute Gasteiger partial charge is 0.391 e. The van der Waals surface area contributed by atoms with E-state index in [1.165, 1.54) is 6.07 Å². The summed E-state index contributed by atoms with van der Waals surface area (Å²) >= 11 is 11.8. The normalized spacial score (nSPS) is 12.6. The molecule has 0 spiro atoms. The molecule has 0 amide bonds. The number of pyridine rings is 1. The Morgan fingerprint density at radius 2 is 1.94 bits per heavy atom. The van der Waals surface area contributed by atoms with E-state index in [1.54, 1.807) is 0 Å². The maximum Gasteiger partial charge on any atom is 0.161 e. The number of halogens is 2. The fraction of sp³-hybridized carbons (Fsp3) is 0.500. The number of nitrogens with zero attached hydrogens (tertiary/aromatic N) is 1. The molecule has 5 N–H and O–H groups in total. The first-order valence-electron chi connectivity index (χ1n) is 5.20. The van der Waals surface area contributed by atoms with Crippen LogP contribution < -0.4 is 16.6 Å². The van der Waals surface area contributed by atoms with Gasteiger partial charge in [0.2, 0.25) is 0 Å². The second-order valence-corrected chi connectivity index (χ2v) is 4.80. The van der Waals surface area contributed by atoms with E-state index in [0.717, 1.165) is 0 Å². The minimum Gasteiger partial charge on any atom is -0.391 e. The predicted octanol–water partition coefficient (Wildman–Crippen LogP) is 2.10. The predicted molar refractivity (Wildman–Crippen MR) is 71.4 cm³/mol. The minimum atomic E-state index is -0.474. The molecule has 0 aliphatic carbocycles. The van der Waals surface area contributed by atoms with E-state index in [1.807, 2.05) is 13.8 Å². The Morgan fingerprint density at radius 3 is 2.47 bits per heavy atom. The summed E-state index contributed by atoms with van der Waals surface area (Å²) < 4.78 is 0. The molecule has 1 atom stereocenters. The lowest BCUT2D eigenvalue weighted by molar-refractivity contribution is 0.138. The van der Waals surface area contributed by atoms with Gasteiger partial charge in [-0.1, -0.05) is 37.0 Å². The van der Waals surface area contributed by atoms with E-state index >= 15 is 0 Å². The Kier molecular flexibility index (Phi) is 5.27. The molecule has 1 aromatic heterocycles. The van der Waals surface area contributed by atoms with Crippen LogP contribution in [0.3, 0.4) is 0 Å². The first-order chi connectivity index (χ1) is 7.95. The zero-order valence-electron chi connectivity index (χ0n) is 9.67. The van der Waals surface area contributed by atoms with Crippen molar-refractivity contribution in [3.8, 4) is 0 Å². The van der Waals surface area contributed by atoms with Crippen molar-refractivity contribution in [2.45, 2.75) is 20.0 Å². The van der Waals surface area contributed by atoms with Crippen molar-refractivity contribution in [3.63, 3.8) is 0 Å². The first kappa shape index (κ1) is 14.3. The van der Waals surface area contributed by atoms with Crippen molar-refractivity contribution in [1.82, 2.24) is 4.98 Å². The lowest BCUT2D eigenvalue weighted by Gasteiger charge is -2.16. The molecule has 1 heterocycles. The molecule has 17 heavy (non-hydrogen) atoms. The molecule has 1 aromatic rings. The van der Waals surface area contributed by atoms with Crippen LogP contribution in [0, 0.1) is 5.92 Å². The molecule has 1 rings (SSSR count). The van der Waals surface area contributed by atoms with Crippen molar-refractivity contribution < 1.29 is 5.11 Å². The summed E-state index contributed by atoms with van der Waals surface area (Å²) in [6.07, 6.45) is -0.474. The number of hydrazine groups is 1. The summed E-state index contributed by atoms with van der Waals surface area (Å²) in [5.41, 5.74) is 2.37. The quantitative estimate of drug-likeness (QED) is 0.490. The summed E-state index contributed by atoms with van der Waals surface area (Å²) in [7, 11) is 0. The maximum atomic E-state index is 9.66. The van der Waals surface area contributed by atoms with E-state index < -0.39 is 6.10 Å². The van der Waals surface area contributed by atoms with E-state index in [9.17, 15) is 5.11 Å². The van der Waals surface area contributed by atoms with Gasteiger partial charge >= 0.3 is 0 Å². The zero-order valence-corrected chi connectivity index (χ0v) is 11.2. The Bertz CT molecular complexity index is 387. The van der Waals surface area contributed by atoms with Crippen LogP contribution >= 0.6 is 23.2 Å². The molecule has 7 heteroatoms. The molecule has 0 fully saturated rings. The Hall–Kier alpha value is -0.750. The van der Waals surface area contributed by atoms with Gasteiger partial charge in [-0.05, 0) is 12.0 Å². The molecule has 0 radical (unpaired) electrons. The van der Waals surface area contributed by atoms with Crippen LogP contribution in [0.15, 0.2) is 6.07 Å². The average Bonchev–Trinajstić information content (AvgIpc) is 2.27. The van der Waals surface area contributed by atoms with E-state index in [2.05, 4.69) is 15.7 Å². The molecule has 5 nitrogen and oxygen atoms in total. The Balaban J connectivity index is 2.77. The molecule has 0 aliphatic rings. The van der Waals surface area contributed by atoms with Gasteiger partial charge in [0.15, 0.2) is 5.82 Å². The molecule has 0 saturated heterocycles. The van der Waals surface area contributed by atoms with Gasteiger partial charge in [0.1, 0.15) is 5.82 Å². The van der Waals surface area contributed by atoms with Crippen LogP contribution in [0.1, 0.15) is 13.8 Å². The second kappa shape index (κ2) is 6.26. The monoisotopic (exact) mass is 278 g/mol. The van der Waals surface area contributed by atoms with E-state index in [0.29, 0.717) is 28.2 Å². The van der Waals surface area contributed by atoms with Crippen LogP contribution in [0.25, 0.3) is 0 Å². The number of nitrogens with one attached hydrogen (secondary N) is 2. The summed E-state index contributed by atoms with van der Waals surface area (Å²) in [5, 5.41) is 13.3. The first-order valence-corrected chi connectivity index (χ1v) is 5.96. The van der Waals surface area contributed by atoms with Crippen molar-refractivity contribution in [2.75, 3.05) is 17.3 Å². The van der Waals surface area contributed by atoms with Crippen molar-refractivity contribution in [2.24, 2.45) is 11.8 Å². The molecular formula is C10H16Cl2N4O. The summed E-state index contributed by atoms with van der Waals surface area (Å²) in [6.45, 7) is 4.21. The number of aliphatic hydroxyl groups excluding tert-OH is 1. The molecule has 96 valence electrons. The van der Waals surface area contributed by atoms with Gasteiger partial charge in [0.25, 0.3) is 0 Å². The lowest BCUT2D eigenvalue weighted by atomic mass is 10.1. The summed E-state index contributed by atoms with van der Waals surface area (Å²) in [6, 6.07) is 1.54. The topological polar surface area (TPSA) is 83.2 Å². The van der Waals surface area contributed by atoms with Crippen molar-refractivity contribution in [3.05, 3.63) is 16.1 Å². The van der Waals surface area contributed by atoms with Crippen LogP contribution in [-0.4, -0.2) is 22.7 Å². The fourth-order valence-electron chi connectivity index (χ4n) is 1.13. The number of anilines is 2. The van der Waals surface area contributed by atoms with Gasteiger partial charge in [-0.15, -0.1) is 0 Å². The zero-order chi connectivity index (χ0) is 13.0. The minimum absolute atomic E-state index is 0.153. The maximum absolute atomic E-state index is 9.66. The highest BCUT2D eigenvalue weighted by Crippen LogP contribution is 2.28. The molecular weight excluding hydrogens is 263 g/mol. The third-order valence-electron chi connectivity index (χ3n) is 2.31. The third kappa shape index (κ3) is 3.89. The van der Waals surface area contributed by atoms with Gasteiger partial charge < -0.3 is 15.8 Å². The van der Waals surface area contributed by atoms with Gasteiger partial charge in [-0.3, -0.25) is 0 Å². The smallest absolute Gasteiger partial charge is 0.161 e. The number of nitrogens with two attached hydrogens (primary N) is 1. The number of aromatic nitrogens is 1. The number of hydrogen-bond acceptors (Lipinski definition) is 5. The second-order valence-electron chi connectivity index (χ2n) is 3.99. The SMILES string of the molecule is CC(C)C(O)CNc1nc(NN)c(Cl)cc1Cl. The highest BCUT2D eigenvalue weighted by Gasteiger charge is 2.12. The van der Waals surface area contributed by atoms with Gasteiger partial charge in [-0.25, -0.2) is 10.8 Å². The summed E-state index contributed by atoms with van der Waals surface area (Å²) in [4.78, 5) is 4.10. The summed E-state index contributed by atoms with van der Waals surface area (Å²) in [5.74, 6) is 6.18. The van der Waals surface area contributed by atoms with Crippen LogP contribution in [0.4, 0.5) is 11.6 Å². The Morgan fingerprint density at radius 1 is 1.35 bits per heavy atom. The standard InChI is InChI=1S/C10H16Cl2N4O/c1-5(2)8(17)4-14-9-6(11)3-7(12)10(15-9)16-13/h3,5,8,17H,4,13H2,1-2H3,(H2,14,15,16). The molecule has 0 bridgehead atoms. The lowest BCUT2D eigenvalue weighted by Crippen LogP contribution is -2.25. The average molecular weight is 279 g/mol. The number of aliphatic hydroxyl groups is 1. The molecule has 0 saturated carbocycles. The molecule has 0 aromatic carbocycles. The Labute approximate surface area is 110 Å². The number of rotatable bonds is 5. The third-order valence-corrected chi connectivity index (χ3v) is 2.89. The van der Waals surface area contributed by atoms with E-state index in [-0.39, 0.29) is 5.92 Å². The highest BCUT2D eigenvalue weighted by molar-refractivity contribution is 6.37. The number of nitrogen functional groups attached to an aromatic ring is 1. The van der Waals surface area contributed by atoms with Crippen LogP contribution in [0.5, 0.6) is 0 Å². The molecule has 1 unspecified atom stereocenters. The van der Waals surface area contributed by atoms with E-state index in [4.69, 9.17) is 29.0 Å². The molecule has 0 aliphatic heterocycles. The van der Waals surface area contributed by atoms with Gasteiger partial charge in [-0.2, -0.15) is 0 Å². The van der Waals surface area contributed by atoms with Gasteiger partial charge in [0.05, 0.1) is 16.1 Å². The van der Waals surface area contributed by atoms with Gasteiger partial charge in [0, 0.05) is 6.54 Å². The fourth-order valence-corrected chi connectivity index (χ4v) is 1.61.